The molecule has 2 heterocycles. The average molecular weight is 447 g/mol. The summed E-state index contributed by atoms with van der Waals surface area (Å²) < 4.78 is 42.6. The van der Waals surface area contributed by atoms with Crippen molar-refractivity contribution in [2.45, 2.75) is 43.0 Å². The predicted molar refractivity (Wildman–Crippen MR) is 117 cm³/mol. The van der Waals surface area contributed by atoms with Crippen molar-refractivity contribution in [3.8, 4) is 0 Å². The summed E-state index contributed by atoms with van der Waals surface area (Å²) in [6.45, 7) is 0.401. The summed E-state index contributed by atoms with van der Waals surface area (Å²) in [6, 6.07) is 12.4. The highest BCUT2D eigenvalue weighted by atomic mass is 32.2. The van der Waals surface area contributed by atoms with Crippen LogP contribution in [0.1, 0.15) is 40.9 Å². The lowest BCUT2D eigenvalue weighted by Crippen LogP contribution is -2.41. The van der Waals surface area contributed by atoms with Gasteiger partial charge in [0, 0.05) is 17.3 Å². The van der Waals surface area contributed by atoms with Crippen LogP contribution >= 0.6 is 11.3 Å². The second-order valence-electron chi connectivity index (χ2n) is 7.55. The van der Waals surface area contributed by atoms with E-state index < -0.39 is 21.7 Å². The van der Waals surface area contributed by atoms with Crippen molar-refractivity contribution in [3.05, 3.63) is 64.8 Å². The van der Waals surface area contributed by atoms with E-state index in [1.54, 1.807) is 0 Å². The van der Waals surface area contributed by atoms with Gasteiger partial charge in [-0.25, -0.2) is 12.8 Å². The molecule has 158 valence electrons. The minimum atomic E-state index is -3.79. The van der Waals surface area contributed by atoms with Gasteiger partial charge in [0.15, 0.2) is 0 Å². The molecule has 1 aliphatic heterocycles. The summed E-state index contributed by atoms with van der Waals surface area (Å²) in [5.74, 6) is -0.968. The number of benzene rings is 2. The number of rotatable bonds is 5. The summed E-state index contributed by atoms with van der Waals surface area (Å²) in [5.41, 5.74) is 6.46. The van der Waals surface area contributed by atoms with Gasteiger partial charge < -0.3 is 5.73 Å². The van der Waals surface area contributed by atoms with E-state index in [9.17, 15) is 17.6 Å². The number of hydrogen-bond donors (Lipinski definition) is 1. The van der Waals surface area contributed by atoms with Crippen LogP contribution in [0.25, 0.3) is 10.1 Å². The number of fused-ring (bicyclic) bond motifs is 1. The minimum absolute atomic E-state index is 0.0844. The molecule has 1 aliphatic rings. The highest BCUT2D eigenvalue weighted by molar-refractivity contribution is 7.89. The smallest absolute Gasteiger partial charge is 0.259 e. The average Bonchev–Trinajstić information content (AvgIpc) is 2.91. The van der Waals surface area contributed by atoms with Crippen molar-refractivity contribution >= 4 is 37.4 Å². The molecule has 0 unspecified atom stereocenters. The Hall–Kier alpha value is -2.29. The van der Waals surface area contributed by atoms with Crippen LogP contribution in [-0.2, 0) is 16.4 Å². The van der Waals surface area contributed by atoms with Crippen molar-refractivity contribution < 1.29 is 17.6 Å². The van der Waals surface area contributed by atoms with Gasteiger partial charge in [-0.15, -0.1) is 11.3 Å². The van der Waals surface area contributed by atoms with E-state index in [4.69, 9.17) is 5.73 Å². The van der Waals surface area contributed by atoms with Crippen LogP contribution in [0.15, 0.2) is 53.4 Å². The standard InChI is InChI=1S/C22H23FN2O3S2/c23-15-9-11-17(12-10-15)30(27,28)25-13-5-1-2-6-16(25)14-19-18-7-3-4-8-20(18)29-21(19)22(24)26/h3-4,7-12,16H,1-2,5-6,13-14H2,(H2,24,26)/t16-/m0/s1. The topological polar surface area (TPSA) is 80.5 Å². The number of nitrogens with two attached hydrogens (primary N) is 1. The van der Waals surface area contributed by atoms with E-state index in [0.29, 0.717) is 24.3 Å². The maximum absolute atomic E-state index is 13.4. The zero-order valence-corrected chi connectivity index (χ0v) is 18.0. The molecule has 5 nitrogen and oxygen atoms in total. The summed E-state index contributed by atoms with van der Waals surface area (Å²) in [7, 11) is -3.79. The molecule has 0 radical (unpaired) electrons. The van der Waals surface area contributed by atoms with Crippen molar-refractivity contribution in [2.75, 3.05) is 6.54 Å². The Morgan fingerprint density at radius 3 is 2.57 bits per heavy atom. The van der Waals surface area contributed by atoms with Crippen molar-refractivity contribution in [3.63, 3.8) is 0 Å². The fourth-order valence-corrected chi connectivity index (χ4v) is 6.93. The molecule has 2 N–H and O–H groups in total. The van der Waals surface area contributed by atoms with Gasteiger partial charge in [0.1, 0.15) is 5.82 Å². The number of sulfonamides is 1. The fourth-order valence-electron chi connectivity index (χ4n) is 4.15. The summed E-state index contributed by atoms with van der Waals surface area (Å²) in [5, 5.41) is 0.944. The molecule has 8 heteroatoms. The van der Waals surface area contributed by atoms with Crippen LogP contribution in [0.2, 0.25) is 0 Å². The molecule has 30 heavy (non-hydrogen) atoms. The maximum Gasteiger partial charge on any atom is 0.259 e. The van der Waals surface area contributed by atoms with Crippen molar-refractivity contribution in [1.82, 2.24) is 4.31 Å². The third-order valence-corrected chi connectivity index (χ3v) is 8.80. The number of carbonyl (C=O) groups is 1. The van der Waals surface area contributed by atoms with Gasteiger partial charge >= 0.3 is 0 Å². The molecule has 1 aromatic heterocycles. The van der Waals surface area contributed by atoms with Gasteiger partial charge in [-0.1, -0.05) is 31.0 Å². The Labute approximate surface area is 179 Å². The van der Waals surface area contributed by atoms with Gasteiger partial charge in [0.05, 0.1) is 9.77 Å². The highest BCUT2D eigenvalue weighted by Crippen LogP contribution is 2.35. The third-order valence-electron chi connectivity index (χ3n) is 5.61. The zero-order chi connectivity index (χ0) is 21.3. The first kappa shape index (κ1) is 21.0. The summed E-state index contributed by atoms with van der Waals surface area (Å²) >= 11 is 1.35. The summed E-state index contributed by atoms with van der Waals surface area (Å²) in [4.78, 5) is 12.7. The normalized spacial score (nSPS) is 18.4. The fraction of sp³-hybridized carbons (Fsp3) is 0.318. The number of amides is 1. The van der Waals surface area contributed by atoms with Gasteiger partial charge in [-0.2, -0.15) is 4.31 Å². The van der Waals surface area contributed by atoms with E-state index in [0.717, 1.165) is 47.0 Å². The second-order valence-corrected chi connectivity index (χ2v) is 10.5. The molecule has 0 bridgehead atoms. The van der Waals surface area contributed by atoms with E-state index in [2.05, 4.69) is 0 Å². The zero-order valence-electron chi connectivity index (χ0n) is 16.4. The number of nitrogens with zero attached hydrogens (tertiary/aromatic N) is 1. The molecule has 0 spiro atoms. The predicted octanol–water partition coefficient (Wildman–Crippen LogP) is 4.32. The van der Waals surface area contributed by atoms with Crippen molar-refractivity contribution in [1.29, 1.82) is 0 Å². The molecule has 0 aliphatic carbocycles. The lowest BCUT2D eigenvalue weighted by Gasteiger charge is -2.29. The van der Waals surface area contributed by atoms with Crippen LogP contribution in [-0.4, -0.2) is 31.2 Å². The second kappa shape index (κ2) is 8.45. The number of carbonyl (C=O) groups excluding carboxylic acids is 1. The monoisotopic (exact) mass is 446 g/mol. The Morgan fingerprint density at radius 1 is 1.10 bits per heavy atom. The van der Waals surface area contributed by atoms with Crippen LogP contribution < -0.4 is 5.73 Å². The Morgan fingerprint density at radius 2 is 1.83 bits per heavy atom. The molecule has 0 saturated carbocycles. The Balaban J connectivity index is 1.75. The summed E-state index contributed by atoms with van der Waals surface area (Å²) in [6.07, 6.45) is 3.74. The number of halogens is 1. The van der Waals surface area contributed by atoms with Crippen LogP contribution in [0.4, 0.5) is 4.39 Å². The first-order chi connectivity index (χ1) is 14.4. The van der Waals surface area contributed by atoms with E-state index in [-0.39, 0.29) is 10.9 Å². The Bertz CT molecular complexity index is 1170. The Kier molecular flexibility index (Phi) is 5.90. The van der Waals surface area contributed by atoms with Crippen molar-refractivity contribution in [2.24, 2.45) is 5.73 Å². The molecule has 1 saturated heterocycles. The number of hydrogen-bond acceptors (Lipinski definition) is 4. The number of primary amides is 1. The van der Waals surface area contributed by atoms with E-state index >= 15 is 0 Å². The first-order valence-corrected chi connectivity index (χ1v) is 12.2. The minimum Gasteiger partial charge on any atom is -0.365 e. The molecular weight excluding hydrogens is 423 g/mol. The largest absolute Gasteiger partial charge is 0.365 e. The van der Waals surface area contributed by atoms with Crippen LogP contribution in [0.5, 0.6) is 0 Å². The third kappa shape index (κ3) is 3.99. The SMILES string of the molecule is NC(=O)c1sc2ccccc2c1C[C@@H]1CCCCCN1S(=O)(=O)c1ccc(F)cc1. The molecule has 3 aromatic rings. The van der Waals surface area contributed by atoms with E-state index in [1.807, 2.05) is 24.3 Å². The van der Waals surface area contributed by atoms with Gasteiger partial charge in [0.25, 0.3) is 5.91 Å². The van der Waals surface area contributed by atoms with Crippen LogP contribution in [0.3, 0.4) is 0 Å². The quantitative estimate of drug-likeness (QED) is 0.634. The molecule has 4 rings (SSSR count). The highest BCUT2D eigenvalue weighted by Gasteiger charge is 2.34. The lowest BCUT2D eigenvalue weighted by atomic mass is 9.99. The number of thiophene rings is 1. The van der Waals surface area contributed by atoms with Crippen LogP contribution in [0, 0.1) is 5.82 Å². The lowest BCUT2D eigenvalue weighted by molar-refractivity contribution is 0.100. The molecule has 1 amide bonds. The molecule has 2 aromatic carbocycles. The van der Waals surface area contributed by atoms with Gasteiger partial charge in [-0.05, 0) is 60.5 Å². The van der Waals surface area contributed by atoms with Gasteiger partial charge in [0.2, 0.25) is 10.0 Å². The molecule has 1 atom stereocenters. The van der Waals surface area contributed by atoms with Gasteiger partial charge in [-0.3, -0.25) is 4.79 Å². The maximum atomic E-state index is 13.4. The molecular formula is C22H23FN2O3S2. The first-order valence-electron chi connectivity index (χ1n) is 9.95. The van der Waals surface area contributed by atoms with E-state index in [1.165, 1.54) is 27.8 Å². The molecule has 1 fully saturated rings.